The van der Waals surface area contributed by atoms with Gasteiger partial charge >= 0.3 is 6.09 Å². The quantitative estimate of drug-likeness (QED) is 0.911. The maximum absolute atomic E-state index is 11.0. The first-order valence-electron chi connectivity index (χ1n) is 6.70. The lowest BCUT2D eigenvalue weighted by Crippen LogP contribution is -2.36. The van der Waals surface area contributed by atoms with Crippen LogP contribution in [0.3, 0.4) is 0 Å². The number of fused-ring (bicyclic) bond motifs is 1. The van der Waals surface area contributed by atoms with E-state index >= 15 is 0 Å². The topological polar surface area (TPSA) is 56.7 Å². The molecule has 2 aromatic rings. The van der Waals surface area contributed by atoms with Gasteiger partial charge in [-0.2, -0.15) is 0 Å². The molecule has 0 aliphatic carbocycles. The third-order valence-corrected chi connectivity index (χ3v) is 3.98. The fraction of sp³-hybridized carbons (Fsp3) is 0.333. The van der Waals surface area contributed by atoms with Crippen LogP contribution in [0.25, 0.3) is 10.9 Å². The summed E-state index contributed by atoms with van der Waals surface area (Å²) < 4.78 is 0. The minimum atomic E-state index is -0.832. The summed E-state index contributed by atoms with van der Waals surface area (Å²) in [6.07, 6.45) is 1.82. The van der Waals surface area contributed by atoms with Gasteiger partial charge in [-0.05, 0) is 24.6 Å². The van der Waals surface area contributed by atoms with E-state index in [-0.39, 0.29) is 6.04 Å². The van der Waals surface area contributed by atoms with Crippen LogP contribution in [0.4, 0.5) is 10.5 Å². The highest BCUT2D eigenvalue weighted by atomic mass is 16.4. The molecule has 2 heterocycles. The Hall–Kier alpha value is -2.30. The lowest BCUT2D eigenvalue weighted by molar-refractivity contribution is 0.155. The summed E-state index contributed by atoms with van der Waals surface area (Å²) in [6.45, 7) is 1.17. The first kappa shape index (κ1) is 12.7. The van der Waals surface area contributed by atoms with Crippen LogP contribution >= 0.6 is 0 Å². The Labute approximate surface area is 117 Å². The molecule has 5 nitrogen and oxygen atoms in total. The number of nitrogens with zero attached hydrogens (tertiary/aromatic N) is 3. The number of hydrogen-bond acceptors (Lipinski definition) is 3. The summed E-state index contributed by atoms with van der Waals surface area (Å²) in [6, 6.07) is 10.4. The van der Waals surface area contributed by atoms with Gasteiger partial charge in [-0.3, -0.25) is 4.98 Å². The van der Waals surface area contributed by atoms with Crippen LogP contribution in [-0.4, -0.2) is 47.3 Å². The zero-order valence-electron chi connectivity index (χ0n) is 11.4. The first-order valence-corrected chi connectivity index (χ1v) is 6.70. The van der Waals surface area contributed by atoms with Crippen molar-refractivity contribution < 1.29 is 9.90 Å². The molecule has 5 heteroatoms. The summed E-state index contributed by atoms with van der Waals surface area (Å²) in [7, 11) is 2.01. The van der Waals surface area contributed by atoms with Crippen LogP contribution in [0, 0.1) is 0 Å². The predicted octanol–water partition coefficient (Wildman–Crippen LogP) is 2.42. The van der Waals surface area contributed by atoms with Crippen molar-refractivity contribution in [2.75, 3.05) is 25.0 Å². The minimum absolute atomic E-state index is 0.229. The zero-order valence-corrected chi connectivity index (χ0v) is 11.4. The Morgan fingerprint density at radius 2 is 2.30 bits per heavy atom. The van der Waals surface area contributed by atoms with E-state index in [1.54, 1.807) is 6.20 Å². The van der Waals surface area contributed by atoms with E-state index < -0.39 is 6.09 Å². The zero-order chi connectivity index (χ0) is 14.1. The fourth-order valence-electron chi connectivity index (χ4n) is 2.72. The van der Waals surface area contributed by atoms with Crippen molar-refractivity contribution >= 4 is 22.7 Å². The van der Waals surface area contributed by atoms with Gasteiger partial charge in [0.1, 0.15) is 0 Å². The lowest BCUT2D eigenvalue weighted by atomic mass is 10.1. The van der Waals surface area contributed by atoms with Crippen molar-refractivity contribution in [1.82, 2.24) is 9.88 Å². The third-order valence-electron chi connectivity index (χ3n) is 3.98. The Kier molecular flexibility index (Phi) is 3.18. The summed E-state index contributed by atoms with van der Waals surface area (Å²) in [5, 5.41) is 10.1. The molecule has 20 heavy (non-hydrogen) atoms. The van der Waals surface area contributed by atoms with E-state index in [1.165, 1.54) is 4.90 Å². The van der Waals surface area contributed by atoms with E-state index in [4.69, 9.17) is 5.11 Å². The number of anilines is 1. The van der Waals surface area contributed by atoms with Crippen LogP contribution in [0.15, 0.2) is 36.5 Å². The van der Waals surface area contributed by atoms with Gasteiger partial charge in [0.2, 0.25) is 0 Å². The van der Waals surface area contributed by atoms with Crippen molar-refractivity contribution in [1.29, 1.82) is 0 Å². The largest absolute Gasteiger partial charge is 0.465 e. The molecule has 1 N–H and O–H groups in total. The van der Waals surface area contributed by atoms with Gasteiger partial charge in [0.25, 0.3) is 0 Å². The molecule has 1 aliphatic rings. The number of pyridine rings is 1. The number of amides is 1. The molecule has 3 rings (SSSR count). The van der Waals surface area contributed by atoms with Crippen molar-refractivity contribution in [3.05, 3.63) is 36.5 Å². The van der Waals surface area contributed by atoms with E-state index in [9.17, 15) is 4.79 Å². The average molecular weight is 271 g/mol. The molecule has 1 fully saturated rings. The highest BCUT2D eigenvalue weighted by molar-refractivity contribution is 5.82. The van der Waals surface area contributed by atoms with Gasteiger partial charge in [-0.1, -0.05) is 12.1 Å². The van der Waals surface area contributed by atoms with E-state index in [1.807, 2.05) is 19.2 Å². The minimum Gasteiger partial charge on any atom is -0.465 e. The predicted molar refractivity (Wildman–Crippen MR) is 78.1 cm³/mol. The maximum Gasteiger partial charge on any atom is 0.407 e. The van der Waals surface area contributed by atoms with Crippen molar-refractivity contribution in [2.45, 2.75) is 12.5 Å². The molecule has 0 bridgehead atoms. The molecule has 1 saturated heterocycles. The lowest BCUT2D eigenvalue weighted by Gasteiger charge is -2.26. The number of likely N-dealkylation sites (tertiary alicyclic amines) is 1. The van der Waals surface area contributed by atoms with Gasteiger partial charge in [-0.15, -0.1) is 0 Å². The first-order chi connectivity index (χ1) is 9.65. The Balaban J connectivity index is 1.82. The Morgan fingerprint density at radius 1 is 1.45 bits per heavy atom. The fourth-order valence-corrected chi connectivity index (χ4v) is 2.72. The second-order valence-corrected chi connectivity index (χ2v) is 5.16. The van der Waals surface area contributed by atoms with Crippen LogP contribution < -0.4 is 4.90 Å². The normalized spacial score (nSPS) is 18.4. The maximum atomic E-state index is 11.0. The van der Waals surface area contributed by atoms with Crippen molar-refractivity contribution in [2.24, 2.45) is 0 Å². The van der Waals surface area contributed by atoms with Crippen LogP contribution in [0.2, 0.25) is 0 Å². The molecule has 1 atom stereocenters. The molecule has 1 aliphatic heterocycles. The number of carboxylic acid groups (broad SMARTS) is 1. The Morgan fingerprint density at radius 3 is 3.05 bits per heavy atom. The molecule has 1 aromatic heterocycles. The number of hydrogen-bond donors (Lipinski definition) is 1. The molecule has 0 radical (unpaired) electrons. The van der Waals surface area contributed by atoms with Crippen LogP contribution in [-0.2, 0) is 0 Å². The van der Waals surface area contributed by atoms with Crippen LogP contribution in [0.5, 0.6) is 0 Å². The number of aromatic nitrogens is 1. The molecular weight excluding hydrogens is 254 g/mol. The summed E-state index contributed by atoms with van der Waals surface area (Å²) in [5.41, 5.74) is 2.04. The molecule has 104 valence electrons. The van der Waals surface area contributed by atoms with Gasteiger partial charge in [-0.25, -0.2) is 4.79 Å². The van der Waals surface area contributed by atoms with Gasteiger partial charge in [0, 0.05) is 43.4 Å². The van der Waals surface area contributed by atoms with E-state index in [2.05, 4.69) is 28.1 Å². The summed E-state index contributed by atoms with van der Waals surface area (Å²) in [4.78, 5) is 19.0. The molecule has 0 spiro atoms. The van der Waals surface area contributed by atoms with Crippen molar-refractivity contribution in [3.63, 3.8) is 0 Å². The standard InChI is InChI=1S/C15H17N3O2/c1-17(13-6-8-18(10-13)15(19)20)12-5-4-11-3-2-7-16-14(11)9-12/h2-5,7,9,13H,6,8,10H2,1H3,(H,19,20)/t13-/m0/s1. The Bertz CT molecular complexity index is 644. The summed E-state index contributed by atoms with van der Waals surface area (Å²) in [5.74, 6) is 0. The molecule has 0 unspecified atom stereocenters. The highest BCUT2D eigenvalue weighted by Gasteiger charge is 2.28. The molecule has 1 aromatic carbocycles. The second-order valence-electron chi connectivity index (χ2n) is 5.16. The third kappa shape index (κ3) is 2.27. The van der Waals surface area contributed by atoms with Gasteiger partial charge in [0.05, 0.1) is 5.52 Å². The second kappa shape index (κ2) is 5.00. The summed E-state index contributed by atoms with van der Waals surface area (Å²) >= 11 is 0. The number of carbonyl (C=O) groups is 1. The number of likely N-dealkylation sites (N-methyl/N-ethyl adjacent to an activating group) is 1. The smallest absolute Gasteiger partial charge is 0.407 e. The number of benzene rings is 1. The highest BCUT2D eigenvalue weighted by Crippen LogP contribution is 2.24. The van der Waals surface area contributed by atoms with Crippen LogP contribution in [0.1, 0.15) is 6.42 Å². The average Bonchev–Trinajstić information content (AvgIpc) is 2.96. The van der Waals surface area contributed by atoms with E-state index in [0.717, 1.165) is 23.0 Å². The monoisotopic (exact) mass is 271 g/mol. The molecular formula is C15H17N3O2. The van der Waals surface area contributed by atoms with Gasteiger partial charge < -0.3 is 14.9 Å². The van der Waals surface area contributed by atoms with E-state index in [0.29, 0.717) is 13.1 Å². The van der Waals surface area contributed by atoms with Crippen molar-refractivity contribution in [3.8, 4) is 0 Å². The molecule has 1 amide bonds. The molecule has 0 saturated carbocycles. The SMILES string of the molecule is CN(c1ccc2cccnc2c1)[C@H]1CCN(C(=O)O)C1. The number of rotatable bonds is 2. The van der Waals surface area contributed by atoms with Gasteiger partial charge in [0.15, 0.2) is 0 Å².